The summed E-state index contributed by atoms with van der Waals surface area (Å²) in [4.78, 5) is 9.90. The largest absolute Gasteiger partial charge is 0.494 e. The van der Waals surface area contributed by atoms with Crippen molar-refractivity contribution in [3.8, 4) is 11.5 Å². The molecule has 1 atom stereocenters. The second kappa shape index (κ2) is 22.4. The van der Waals surface area contributed by atoms with Crippen LogP contribution in [0.4, 0.5) is 8.78 Å². The SMILES string of the molecule is CC(=NCS(=O)(=O)c1ccc(C)cc1)c1ccc2c(c1)Cc1ccccc1S2.CCOc1cc(F)cc(B(O)O)c1.CCOc1cc(F)cc(C(C)c2ccc3c(c2)Cc2ccccc2S3)c1. The lowest BCUT2D eigenvalue weighted by molar-refractivity contribution is 0.337. The molecule has 67 heavy (non-hydrogen) atoms. The van der Waals surface area contributed by atoms with Gasteiger partial charge in [0, 0.05) is 43.3 Å². The number of benzene rings is 7. The normalized spacial score (nSPS) is 12.9. The zero-order chi connectivity index (χ0) is 47.7. The van der Waals surface area contributed by atoms with Gasteiger partial charge in [0.1, 0.15) is 29.0 Å². The molecule has 7 nitrogen and oxygen atoms in total. The monoisotopic (exact) mass is 955 g/mol. The van der Waals surface area contributed by atoms with E-state index in [9.17, 15) is 17.2 Å². The minimum Gasteiger partial charge on any atom is -0.494 e. The number of aliphatic imine (C=N–C) groups is 1. The van der Waals surface area contributed by atoms with Gasteiger partial charge in [0.15, 0.2) is 9.84 Å². The van der Waals surface area contributed by atoms with E-state index in [2.05, 4.69) is 90.8 Å². The van der Waals surface area contributed by atoms with Crippen LogP contribution < -0.4 is 14.9 Å². The molecule has 9 rings (SSSR count). The van der Waals surface area contributed by atoms with Gasteiger partial charge in [-0.25, -0.2) is 17.2 Å². The number of fused-ring (bicyclic) bond motifs is 4. The van der Waals surface area contributed by atoms with Crippen LogP contribution in [-0.2, 0) is 22.7 Å². The first-order chi connectivity index (χ1) is 32.2. The molecule has 0 amide bonds. The van der Waals surface area contributed by atoms with Gasteiger partial charge in [-0.3, -0.25) is 4.99 Å². The van der Waals surface area contributed by atoms with Crippen molar-refractivity contribution < 1.29 is 36.7 Å². The maximum atomic E-state index is 14.0. The van der Waals surface area contributed by atoms with Crippen LogP contribution in [0.15, 0.2) is 175 Å². The lowest BCUT2D eigenvalue weighted by Gasteiger charge is -2.21. The van der Waals surface area contributed by atoms with Crippen molar-refractivity contribution in [2.75, 3.05) is 19.1 Å². The highest BCUT2D eigenvalue weighted by atomic mass is 32.2. The van der Waals surface area contributed by atoms with Crippen LogP contribution in [0, 0.1) is 18.6 Å². The molecule has 2 aliphatic rings. The van der Waals surface area contributed by atoms with Crippen LogP contribution >= 0.6 is 23.5 Å². The summed E-state index contributed by atoms with van der Waals surface area (Å²) in [5.41, 5.74) is 10.3. The van der Waals surface area contributed by atoms with Gasteiger partial charge in [-0.15, -0.1) is 0 Å². The highest BCUT2D eigenvalue weighted by molar-refractivity contribution is 7.99. The molecule has 0 aliphatic carbocycles. The Balaban J connectivity index is 0.000000159. The highest BCUT2D eigenvalue weighted by Crippen LogP contribution is 2.42. The molecule has 0 saturated carbocycles. The first-order valence-corrected chi connectivity index (χ1v) is 25.3. The predicted molar refractivity (Wildman–Crippen MR) is 268 cm³/mol. The molecule has 2 aliphatic heterocycles. The van der Waals surface area contributed by atoms with E-state index in [-0.39, 0.29) is 23.1 Å². The van der Waals surface area contributed by atoms with Crippen LogP contribution in [-0.4, -0.2) is 50.4 Å². The van der Waals surface area contributed by atoms with Crippen LogP contribution in [0.5, 0.6) is 11.5 Å². The van der Waals surface area contributed by atoms with Crippen molar-refractivity contribution in [2.45, 2.75) is 77.9 Å². The van der Waals surface area contributed by atoms with Gasteiger partial charge in [-0.2, -0.15) is 0 Å². The van der Waals surface area contributed by atoms with Crippen LogP contribution in [0.2, 0.25) is 0 Å². The van der Waals surface area contributed by atoms with Crippen LogP contribution in [0.3, 0.4) is 0 Å². The van der Waals surface area contributed by atoms with Gasteiger partial charge in [0.25, 0.3) is 0 Å². The third-order valence-electron chi connectivity index (χ3n) is 11.3. The summed E-state index contributed by atoms with van der Waals surface area (Å²) in [6, 6.07) is 45.4. The van der Waals surface area contributed by atoms with Crippen molar-refractivity contribution in [3.05, 3.63) is 202 Å². The number of hydrogen-bond donors (Lipinski definition) is 2. The molecular weight excluding hydrogens is 904 g/mol. The average Bonchev–Trinajstić information content (AvgIpc) is 3.31. The van der Waals surface area contributed by atoms with E-state index < -0.39 is 22.8 Å². The quantitative estimate of drug-likeness (QED) is 0.0976. The maximum Gasteiger partial charge on any atom is 0.488 e. The molecule has 0 spiro atoms. The van der Waals surface area contributed by atoms with Crippen molar-refractivity contribution in [3.63, 3.8) is 0 Å². The minimum absolute atomic E-state index is 0.0865. The van der Waals surface area contributed by atoms with Crippen molar-refractivity contribution in [2.24, 2.45) is 4.99 Å². The Morgan fingerprint density at radius 3 is 1.79 bits per heavy atom. The topological polar surface area (TPSA) is 105 Å². The second-order valence-corrected chi connectivity index (χ2v) is 20.3. The van der Waals surface area contributed by atoms with Crippen molar-refractivity contribution in [1.29, 1.82) is 0 Å². The zero-order valence-corrected chi connectivity index (χ0v) is 40.5. The van der Waals surface area contributed by atoms with Gasteiger partial charge in [0.05, 0.1) is 18.1 Å². The summed E-state index contributed by atoms with van der Waals surface area (Å²) in [5.74, 6) is -0.0367. The summed E-state index contributed by atoms with van der Waals surface area (Å²) >= 11 is 3.61. The molecule has 344 valence electrons. The maximum absolute atomic E-state index is 14.0. The molecule has 0 saturated heterocycles. The van der Waals surface area contributed by atoms with Gasteiger partial charge in [0.2, 0.25) is 0 Å². The van der Waals surface area contributed by atoms with Gasteiger partial charge in [-0.1, -0.05) is 103 Å². The Bertz CT molecular complexity index is 3000. The lowest BCUT2D eigenvalue weighted by Crippen LogP contribution is -2.30. The summed E-state index contributed by atoms with van der Waals surface area (Å²) in [7, 11) is -5.10. The van der Waals surface area contributed by atoms with E-state index in [0.717, 1.165) is 41.3 Å². The molecule has 0 fully saturated rings. The second-order valence-electron chi connectivity index (χ2n) is 16.2. The summed E-state index contributed by atoms with van der Waals surface area (Å²) in [5, 5.41) is 17.5. The molecule has 7 aromatic rings. The van der Waals surface area contributed by atoms with E-state index in [1.165, 1.54) is 65.6 Å². The van der Waals surface area contributed by atoms with Crippen LogP contribution in [0.25, 0.3) is 0 Å². The Hall–Kier alpha value is -5.70. The van der Waals surface area contributed by atoms with Gasteiger partial charge in [-0.05, 0) is 152 Å². The number of ether oxygens (including phenoxy) is 2. The zero-order valence-electron chi connectivity index (χ0n) is 38.0. The summed E-state index contributed by atoms with van der Waals surface area (Å²) < 4.78 is 62.4. The number of nitrogens with zero attached hydrogens (tertiary/aromatic N) is 1. The van der Waals surface area contributed by atoms with Crippen molar-refractivity contribution in [1.82, 2.24) is 0 Å². The number of halogens is 2. The Labute approximate surface area is 401 Å². The molecule has 1 unspecified atom stereocenters. The number of rotatable bonds is 11. The first kappa shape index (κ1) is 49.2. The van der Waals surface area contributed by atoms with Gasteiger partial charge < -0.3 is 19.5 Å². The molecule has 13 heteroatoms. The third kappa shape index (κ3) is 12.9. The minimum atomic E-state index is -3.43. The molecular formula is C54H52BF2NO6S3. The first-order valence-electron chi connectivity index (χ1n) is 22.0. The fraction of sp³-hybridized carbons (Fsp3) is 0.204. The van der Waals surface area contributed by atoms with E-state index in [1.807, 2.05) is 56.8 Å². The molecule has 2 N–H and O–H groups in total. The number of hydrogen-bond acceptors (Lipinski definition) is 9. The highest BCUT2D eigenvalue weighted by Gasteiger charge is 2.20. The molecule has 7 aromatic carbocycles. The van der Waals surface area contributed by atoms with E-state index in [4.69, 9.17) is 19.5 Å². The fourth-order valence-corrected chi connectivity index (χ4v) is 10.8. The number of aryl methyl sites for hydroxylation is 1. The van der Waals surface area contributed by atoms with E-state index >= 15 is 0 Å². The Kier molecular flexibility index (Phi) is 16.5. The third-order valence-corrected chi connectivity index (χ3v) is 15.2. The van der Waals surface area contributed by atoms with E-state index in [1.54, 1.807) is 36.9 Å². The van der Waals surface area contributed by atoms with Crippen LogP contribution in [0.1, 0.15) is 78.1 Å². The van der Waals surface area contributed by atoms with E-state index in [0.29, 0.717) is 29.6 Å². The standard InChI is InChI=1S/C23H21FOS.C23H21NO2S2.C8H10BFO3/c1-3-25-21-13-18(12-20(24)14-21)15(2)16-8-9-23-19(10-16)11-17-6-4-5-7-22(17)26-23;1-16-7-10-21(11-8-16)28(25,26)15-24-17(2)18-9-12-23-20(13-18)14-19-5-3-4-6-22(19)27-23;1-2-13-8-4-6(9(11)12)3-7(10)5-8/h4-10,12-15H,3,11H2,1-2H3;3-13H,14-15H2,1-2H3;3-5,11-12H,2H2,1H3. The van der Waals surface area contributed by atoms with Gasteiger partial charge >= 0.3 is 7.12 Å². The Morgan fingerprint density at radius 1 is 0.657 bits per heavy atom. The predicted octanol–water partition coefficient (Wildman–Crippen LogP) is 11.6. The smallest absolute Gasteiger partial charge is 0.488 e. The average molecular weight is 956 g/mol. The molecule has 2 heterocycles. The molecule has 0 radical (unpaired) electrons. The molecule has 0 bridgehead atoms. The number of sulfone groups is 1. The molecule has 0 aromatic heterocycles. The summed E-state index contributed by atoms with van der Waals surface area (Å²) in [6.45, 7) is 10.5. The van der Waals surface area contributed by atoms with Crippen molar-refractivity contribution >= 4 is 51.7 Å². The lowest BCUT2D eigenvalue weighted by atomic mass is 9.80. The fourth-order valence-electron chi connectivity index (χ4n) is 7.65. The Morgan fingerprint density at radius 2 is 1.19 bits per heavy atom. The summed E-state index contributed by atoms with van der Waals surface area (Å²) in [6.07, 6.45) is 1.84.